The molecular weight excluding hydrogens is 277 g/mol. The summed E-state index contributed by atoms with van der Waals surface area (Å²) < 4.78 is 23.4. The molecule has 0 bridgehead atoms. The maximum Gasteiger partial charge on any atom is 0.223 e. The van der Waals surface area contributed by atoms with Crippen LogP contribution in [0.5, 0.6) is 5.75 Å². The van der Waals surface area contributed by atoms with Crippen LogP contribution < -0.4 is 10.1 Å². The Morgan fingerprint density at radius 1 is 1.43 bits per heavy atom. The zero-order chi connectivity index (χ0) is 15.1. The molecule has 0 unspecified atom stereocenters. The Morgan fingerprint density at radius 2 is 2.19 bits per heavy atom. The Labute approximate surface area is 123 Å². The standard InChI is InChI=1S/C15H20FNO4/c16-12-2-1-3-13(10-12)21-7-4-14(18)17-11-15(19)5-8-20-9-6-15/h1-3,10,19H,4-9,11H2,(H,17,18). The molecule has 1 amide bonds. The van der Waals surface area contributed by atoms with Gasteiger partial charge in [0.25, 0.3) is 0 Å². The number of nitrogens with one attached hydrogen (secondary N) is 1. The van der Waals surface area contributed by atoms with E-state index in [1.807, 2.05) is 0 Å². The molecule has 1 aliphatic rings. The van der Waals surface area contributed by atoms with Gasteiger partial charge in [0.05, 0.1) is 18.6 Å². The van der Waals surface area contributed by atoms with Crippen molar-refractivity contribution in [2.24, 2.45) is 0 Å². The highest BCUT2D eigenvalue weighted by Crippen LogP contribution is 2.19. The number of aliphatic hydroxyl groups is 1. The maximum atomic E-state index is 12.9. The van der Waals surface area contributed by atoms with E-state index < -0.39 is 5.60 Å². The lowest BCUT2D eigenvalue weighted by Crippen LogP contribution is -2.46. The number of amides is 1. The first-order valence-corrected chi connectivity index (χ1v) is 7.03. The lowest BCUT2D eigenvalue weighted by atomic mass is 9.94. The SMILES string of the molecule is O=C(CCOc1cccc(F)c1)NCC1(O)CCOCC1. The van der Waals surface area contributed by atoms with Gasteiger partial charge in [-0.25, -0.2) is 4.39 Å². The second-order valence-electron chi connectivity index (χ2n) is 5.17. The van der Waals surface area contributed by atoms with Crippen LogP contribution in [-0.4, -0.2) is 43.0 Å². The van der Waals surface area contributed by atoms with Crippen LogP contribution in [0.1, 0.15) is 19.3 Å². The van der Waals surface area contributed by atoms with Crippen molar-refractivity contribution in [1.82, 2.24) is 5.32 Å². The van der Waals surface area contributed by atoms with E-state index in [0.717, 1.165) is 0 Å². The molecule has 2 rings (SSSR count). The lowest BCUT2D eigenvalue weighted by Gasteiger charge is -2.32. The monoisotopic (exact) mass is 297 g/mol. The summed E-state index contributed by atoms with van der Waals surface area (Å²) in [6, 6.07) is 5.77. The lowest BCUT2D eigenvalue weighted by molar-refractivity contribution is -0.124. The van der Waals surface area contributed by atoms with E-state index in [1.54, 1.807) is 12.1 Å². The van der Waals surface area contributed by atoms with Crippen LogP contribution >= 0.6 is 0 Å². The molecule has 1 fully saturated rings. The Balaban J connectivity index is 1.65. The second-order valence-corrected chi connectivity index (χ2v) is 5.17. The molecule has 1 aromatic carbocycles. The molecule has 116 valence electrons. The third-order valence-electron chi connectivity index (χ3n) is 3.43. The predicted octanol–water partition coefficient (Wildman–Crippen LogP) is 1.25. The average molecular weight is 297 g/mol. The smallest absolute Gasteiger partial charge is 0.223 e. The van der Waals surface area contributed by atoms with Crippen molar-refractivity contribution >= 4 is 5.91 Å². The number of carbonyl (C=O) groups is 1. The third-order valence-corrected chi connectivity index (χ3v) is 3.43. The summed E-state index contributed by atoms with van der Waals surface area (Å²) in [5.41, 5.74) is -0.878. The molecule has 0 aliphatic carbocycles. The van der Waals surface area contributed by atoms with Gasteiger partial charge in [-0.1, -0.05) is 6.07 Å². The van der Waals surface area contributed by atoms with Crippen LogP contribution in [-0.2, 0) is 9.53 Å². The zero-order valence-corrected chi connectivity index (χ0v) is 11.8. The molecule has 2 N–H and O–H groups in total. The molecule has 0 radical (unpaired) electrons. The highest BCUT2D eigenvalue weighted by Gasteiger charge is 2.29. The first-order valence-electron chi connectivity index (χ1n) is 7.03. The molecule has 1 aromatic rings. The Bertz CT molecular complexity index is 474. The fourth-order valence-corrected chi connectivity index (χ4v) is 2.10. The highest BCUT2D eigenvalue weighted by atomic mass is 19.1. The fourth-order valence-electron chi connectivity index (χ4n) is 2.10. The average Bonchev–Trinajstić information content (AvgIpc) is 2.46. The quantitative estimate of drug-likeness (QED) is 0.829. The van der Waals surface area contributed by atoms with Crippen LogP contribution in [0.2, 0.25) is 0 Å². The summed E-state index contributed by atoms with van der Waals surface area (Å²) in [7, 11) is 0. The molecule has 0 saturated carbocycles. The van der Waals surface area contributed by atoms with E-state index in [0.29, 0.717) is 31.8 Å². The topological polar surface area (TPSA) is 67.8 Å². The minimum absolute atomic E-state index is 0.156. The molecular formula is C15H20FNO4. The minimum atomic E-state index is -0.878. The van der Waals surface area contributed by atoms with E-state index >= 15 is 0 Å². The van der Waals surface area contributed by atoms with Gasteiger partial charge < -0.3 is 19.9 Å². The van der Waals surface area contributed by atoms with E-state index in [2.05, 4.69) is 5.32 Å². The van der Waals surface area contributed by atoms with Crippen LogP contribution in [0.25, 0.3) is 0 Å². The number of hydrogen-bond acceptors (Lipinski definition) is 4. The molecule has 0 atom stereocenters. The second kappa shape index (κ2) is 7.38. The molecule has 0 aromatic heterocycles. The van der Waals surface area contributed by atoms with Crippen molar-refractivity contribution in [3.05, 3.63) is 30.1 Å². The molecule has 1 heterocycles. The van der Waals surface area contributed by atoms with Gasteiger partial charge in [-0.05, 0) is 12.1 Å². The van der Waals surface area contributed by atoms with Crippen molar-refractivity contribution in [3.8, 4) is 5.75 Å². The zero-order valence-electron chi connectivity index (χ0n) is 11.8. The minimum Gasteiger partial charge on any atom is -0.493 e. The van der Waals surface area contributed by atoms with Gasteiger partial charge in [-0.15, -0.1) is 0 Å². The summed E-state index contributed by atoms with van der Waals surface area (Å²) in [6.07, 6.45) is 1.20. The molecule has 1 saturated heterocycles. The summed E-state index contributed by atoms with van der Waals surface area (Å²) >= 11 is 0. The predicted molar refractivity (Wildman–Crippen MR) is 74.5 cm³/mol. The van der Waals surface area contributed by atoms with Crippen LogP contribution in [0.15, 0.2) is 24.3 Å². The summed E-state index contributed by atoms with van der Waals surface area (Å²) in [4.78, 5) is 11.7. The van der Waals surface area contributed by atoms with Gasteiger partial charge in [0.1, 0.15) is 11.6 Å². The largest absolute Gasteiger partial charge is 0.493 e. The van der Waals surface area contributed by atoms with Crippen LogP contribution in [0.3, 0.4) is 0 Å². The van der Waals surface area contributed by atoms with E-state index in [-0.39, 0.29) is 31.3 Å². The van der Waals surface area contributed by atoms with Gasteiger partial charge in [0.2, 0.25) is 5.91 Å². The van der Waals surface area contributed by atoms with Gasteiger partial charge >= 0.3 is 0 Å². The first-order chi connectivity index (χ1) is 10.1. The van der Waals surface area contributed by atoms with Crippen molar-refractivity contribution < 1.29 is 23.8 Å². The van der Waals surface area contributed by atoms with E-state index in [4.69, 9.17) is 9.47 Å². The Morgan fingerprint density at radius 3 is 2.90 bits per heavy atom. The van der Waals surface area contributed by atoms with Gasteiger partial charge in [0.15, 0.2) is 0 Å². The van der Waals surface area contributed by atoms with Crippen LogP contribution in [0, 0.1) is 5.82 Å². The fraction of sp³-hybridized carbons (Fsp3) is 0.533. The molecule has 0 spiro atoms. The van der Waals surface area contributed by atoms with E-state index in [9.17, 15) is 14.3 Å². The number of rotatable bonds is 6. The third kappa shape index (κ3) is 5.32. The van der Waals surface area contributed by atoms with Gasteiger partial charge in [-0.2, -0.15) is 0 Å². The van der Waals surface area contributed by atoms with Crippen molar-refractivity contribution in [2.45, 2.75) is 24.9 Å². The highest BCUT2D eigenvalue weighted by molar-refractivity contribution is 5.76. The van der Waals surface area contributed by atoms with E-state index in [1.165, 1.54) is 12.1 Å². The summed E-state index contributed by atoms with van der Waals surface area (Å²) in [5, 5.41) is 12.9. The maximum absolute atomic E-state index is 12.9. The van der Waals surface area contributed by atoms with Crippen molar-refractivity contribution in [3.63, 3.8) is 0 Å². The van der Waals surface area contributed by atoms with Crippen molar-refractivity contribution in [2.75, 3.05) is 26.4 Å². The molecule has 21 heavy (non-hydrogen) atoms. The van der Waals surface area contributed by atoms with Crippen LogP contribution in [0.4, 0.5) is 4.39 Å². The number of hydrogen-bond donors (Lipinski definition) is 2. The number of benzene rings is 1. The molecule has 5 nitrogen and oxygen atoms in total. The molecule has 1 aliphatic heterocycles. The Hall–Kier alpha value is -1.66. The van der Waals surface area contributed by atoms with Gasteiger partial charge in [-0.3, -0.25) is 4.79 Å². The first kappa shape index (κ1) is 15.7. The number of halogens is 1. The molecule has 6 heteroatoms. The van der Waals surface area contributed by atoms with Gasteiger partial charge in [0, 0.05) is 38.7 Å². The number of ether oxygens (including phenoxy) is 2. The number of carbonyl (C=O) groups excluding carboxylic acids is 1. The normalized spacial score (nSPS) is 17.2. The summed E-state index contributed by atoms with van der Waals surface area (Å²) in [6.45, 7) is 1.40. The van der Waals surface area contributed by atoms with Crippen molar-refractivity contribution in [1.29, 1.82) is 0 Å². The summed E-state index contributed by atoms with van der Waals surface area (Å²) in [5.74, 6) is -0.184. The Kier molecular flexibility index (Phi) is 5.52.